The number of piperidine rings is 1. The number of para-hydroxylation sites is 1. The molecule has 3 rings (SSSR count). The molecule has 2 heterocycles. The van der Waals surface area contributed by atoms with Gasteiger partial charge in [0.2, 0.25) is 5.91 Å². The minimum atomic E-state index is 0.159. The Morgan fingerprint density at radius 1 is 1.36 bits per heavy atom. The Morgan fingerprint density at radius 2 is 2.23 bits per heavy atom. The maximum Gasteiger partial charge on any atom is 0.226 e. The van der Waals surface area contributed by atoms with Gasteiger partial charge in [-0.15, -0.1) is 0 Å². The minimum absolute atomic E-state index is 0.159. The molecule has 5 heteroatoms. The van der Waals surface area contributed by atoms with E-state index < -0.39 is 0 Å². The van der Waals surface area contributed by atoms with E-state index in [1.165, 1.54) is 0 Å². The van der Waals surface area contributed by atoms with Gasteiger partial charge in [0.25, 0.3) is 0 Å². The number of carbonyl (C=O) groups excluding carboxylic acids is 1. The molecule has 0 spiro atoms. The summed E-state index contributed by atoms with van der Waals surface area (Å²) in [6.45, 7) is 2.00. The van der Waals surface area contributed by atoms with Crippen molar-refractivity contribution in [1.29, 1.82) is 0 Å². The summed E-state index contributed by atoms with van der Waals surface area (Å²) in [6.07, 6.45) is 6.13. The molecule has 5 nitrogen and oxygen atoms in total. The quantitative estimate of drug-likeness (QED) is 0.923. The van der Waals surface area contributed by atoms with Crippen molar-refractivity contribution in [1.82, 2.24) is 14.9 Å². The van der Waals surface area contributed by atoms with Gasteiger partial charge in [-0.05, 0) is 25.0 Å². The fourth-order valence-electron chi connectivity index (χ4n) is 2.86. The Hall–Kier alpha value is -2.30. The number of likely N-dealkylation sites (tertiary alicyclic amines) is 1. The Kier molecular flexibility index (Phi) is 4.73. The summed E-state index contributed by atoms with van der Waals surface area (Å²) in [7, 11) is 0. The van der Waals surface area contributed by atoms with Crippen molar-refractivity contribution in [2.75, 3.05) is 19.7 Å². The Balaban J connectivity index is 1.47. The Bertz CT molecular complexity index is 583. The molecule has 0 aliphatic carbocycles. The van der Waals surface area contributed by atoms with Crippen molar-refractivity contribution >= 4 is 5.91 Å². The number of carbonyl (C=O) groups is 1. The second-order valence-corrected chi connectivity index (χ2v) is 5.56. The van der Waals surface area contributed by atoms with Crippen LogP contribution in [0.15, 0.2) is 42.7 Å². The highest BCUT2D eigenvalue weighted by Crippen LogP contribution is 2.24. The number of aromatic nitrogens is 2. The molecule has 0 saturated carbocycles. The summed E-state index contributed by atoms with van der Waals surface area (Å²) in [5.41, 5.74) is 0. The average Bonchev–Trinajstić information content (AvgIpc) is 3.10. The summed E-state index contributed by atoms with van der Waals surface area (Å²) in [5, 5.41) is 0. The standard InChI is InChI=1S/C17H21N3O2/c21-16(8-12-22-15-6-2-1-3-7-15)20-11-4-5-14(13-20)17-18-9-10-19-17/h1-3,6-7,9-10,14H,4-5,8,11-13H2,(H,18,19)/t14-/m1/s1. The molecule has 1 aromatic heterocycles. The molecule has 1 saturated heterocycles. The van der Waals surface area contributed by atoms with E-state index in [9.17, 15) is 4.79 Å². The third kappa shape index (κ3) is 3.67. The van der Waals surface area contributed by atoms with E-state index >= 15 is 0 Å². The zero-order valence-corrected chi connectivity index (χ0v) is 12.6. The first-order chi connectivity index (χ1) is 10.8. The zero-order valence-electron chi connectivity index (χ0n) is 12.6. The third-order valence-corrected chi connectivity index (χ3v) is 4.01. The molecular weight excluding hydrogens is 278 g/mol. The van der Waals surface area contributed by atoms with Crippen molar-refractivity contribution in [3.05, 3.63) is 48.5 Å². The fraction of sp³-hybridized carbons (Fsp3) is 0.412. The minimum Gasteiger partial charge on any atom is -0.493 e. The van der Waals surface area contributed by atoms with E-state index in [0.717, 1.165) is 37.5 Å². The first-order valence-corrected chi connectivity index (χ1v) is 7.78. The van der Waals surface area contributed by atoms with Crippen molar-refractivity contribution in [3.63, 3.8) is 0 Å². The van der Waals surface area contributed by atoms with Crippen molar-refractivity contribution in [2.45, 2.75) is 25.2 Å². The second kappa shape index (κ2) is 7.11. The lowest BCUT2D eigenvalue weighted by molar-refractivity contribution is -0.132. The Labute approximate surface area is 130 Å². The lowest BCUT2D eigenvalue weighted by Gasteiger charge is -2.32. The molecule has 0 unspecified atom stereocenters. The van der Waals surface area contributed by atoms with Gasteiger partial charge >= 0.3 is 0 Å². The summed E-state index contributed by atoms with van der Waals surface area (Å²) < 4.78 is 5.60. The largest absolute Gasteiger partial charge is 0.493 e. The number of imidazole rings is 1. The smallest absolute Gasteiger partial charge is 0.226 e. The highest BCUT2D eigenvalue weighted by Gasteiger charge is 2.25. The van der Waals surface area contributed by atoms with Crippen LogP contribution in [0.3, 0.4) is 0 Å². The molecule has 1 N–H and O–H groups in total. The van der Waals surface area contributed by atoms with E-state index in [0.29, 0.717) is 18.9 Å². The van der Waals surface area contributed by atoms with Crippen LogP contribution in [0.25, 0.3) is 0 Å². The number of nitrogens with one attached hydrogen (secondary N) is 1. The van der Waals surface area contributed by atoms with Gasteiger partial charge in [0.1, 0.15) is 11.6 Å². The number of ether oxygens (including phenoxy) is 1. The molecule has 1 aromatic carbocycles. The molecule has 0 bridgehead atoms. The number of rotatable bonds is 5. The molecule has 1 aliphatic rings. The predicted octanol–water partition coefficient (Wildman–Crippen LogP) is 2.58. The highest BCUT2D eigenvalue weighted by molar-refractivity contribution is 5.76. The summed E-state index contributed by atoms with van der Waals surface area (Å²) in [6, 6.07) is 9.60. The maximum atomic E-state index is 12.3. The molecule has 1 aliphatic heterocycles. The maximum absolute atomic E-state index is 12.3. The number of nitrogens with zero attached hydrogens (tertiary/aromatic N) is 2. The zero-order chi connectivity index (χ0) is 15.2. The fourth-order valence-corrected chi connectivity index (χ4v) is 2.86. The predicted molar refractivity (Wildman–Crippen MR) is 83.7 cm³/mol. The molecule has 116 valence electrons. The number of benzene rings is 1. The van der Waals surface area contributed by atoms with Gasteiger partial charge in [-0.1, -0.05) is 18.2 Å². The second-order valence-electron chi connectivity index (χ2n) is 5.56. The van der Waals surface area contributed by atoms with Crippen LogP contribution >= 0.6 is 0 Å². The number of hydrogen-bond acceptors (Lipinski definition) is 3. The number of H-pyrrole nitrogens is 1. The summed E-state index contributed by atoms with van der Waals surface area (Å²) in [4.78, 5) is 21.7. The van der Waals surface area contributed by atoms with Crippen molar-refractivity contribution in [2.24, 2.45) is 0 Å². The van der Waals surface area contributed by atoms with Gasteiger partial charge in [-0.2, -0.15) is 0 Å². The first kappa shape index (κ1) is 14.6. The van der Waals surface area contributed by atoms with E-state index in [1.807, 2.05) is 41.4 Å². The molecule has 2 aromatic rings. The third-order valence-electron chi connectivity index (χ3n) is 4.01. The van der Waals surface area contributed by atoms with E-state index in [-0.39, 0.29) is 5.91 Å². The number of hydrogen-bond donors (Lipinski definition) is 1. The normalized spacial score (nSPS) is 18.2. The van der Waals surface area contributed by atoms with Gasteiger partial charge < -0.3 is 14.6 Å². The van der Waals surface area contributed by atoms with Crippen LogP contribution in [0.2, 0.25) is 0 Å². The van der Waals surface area contributed by atoms with Gasteiger partial charge in [0.05, 0.1) is 13.0 Å². The van der Waals surface area contributed by atoms with E-state index in [4.69, 9.17) is 4.74 Å². The van der Waals surface area contributed by atoms with Crippen LogP contribution in [0.1, 0.15) is 31.0 Å². The van der Waals surface area contributed by atoms with Gasteiger partial charge in [0.15, 0.2) is 0 Å². The van der Waals surface area contributed by atoms with Gasteiger partial charge in [-0.3, -0.25) is 4.79 Å². The molecule has 1 atom stereocenters. The van der Waals surface area contributed by atoms with Crippen LogP contribution in [-0.4, -0.2) is 40.5 Å². The Morgan fingerprint density at radius 3 is 3.00 bits per heavy atom. The topological polar surface area (TPSA) is 58.2 Å². The lowest BCUT2D eigenvalue weighted by atomic mass is 9.97. The van der Waals surface area contributed by atoms with Gasteiger partial charge in [-0.25, -0.2) is 4.98 Å². The molecule has 22 heavy (non-hydrogen) atoms. The van der Waals surface area contributed by atoms with Crippen LogP contribution in [0.4, 0.5) is 0 Å². The van der Waals surface area contributed by atoms with Crippen molar-refractivity contribution < 1.29 is 9.53 Å². The molecule has 1 fully saturated rings. The van der Waals surface area contributed by atoms with Crippen LogP contribution in [0, 0.1) is 0 Å². The molecular formula is C17H21N3O2. The molecule has 0 radical (unpaired) electrons. The average molecular weight is 299 g/mol. The van der Waals surface area contributed by atoms with Crippen LogP contribution in [0.5, 0.6) is 5.75 Å². The number of amides is 1. The van der Waals surface area contributed by atoms with Gasteiger partial charge in [0, 0.05) is 31.4 Å². The van der Waals surface area contributed by atoms with Crippen molar-refractivity contribution in [3.8, 4) is 5.75 Å². The summed E-state index contributed by atoms with van der Waals surface area (Å²) >= 11 is 0. The number of aromatic amines is 1. The SMILES string of the molecule is O=C(CCOc1ccccc1)N1CCC[C@@H](c2ncc[nH]2)C1. The molecule has 1 amide bonds. The highest BCUT2D eigenvalue weighted by atomic mass is 16.5. The van der Waals surface area contributed by atoms with E-state index in [1.54, 1.807) is 6.20 Å². The first-order valence-electron chi connectivity index (χ1n) is 7.78. The lowest BCUT2D eigenvalue weighted by Crippen LogP contribution is -2.39. The van der Waals surface area contributed by atoms with Crippen LogP contribution < -0.4 is 4.74 Å². The van der Waals surface area contributed by atoms with E-state index in [2.05, 4.69) is 9.97 Å². The monoisotopic (exact) mass is 299 g/mol. The van der Waals surface area contributed by atoms with Crippen LogP contribution in [-0.2, 0) is 4.79 Å². The summed E-state index contributed by atoms with van der Waals surface area (Å²) in [5.74, 6) is 2.27.